The van der Waals surface area contributed by atoms with Gasteiger partial charge in [-0.25, -0.2) is 23.4 Å². The normalized spacial score (nSPS) is 15.9. The number of nitrogen functional groups attached to an aromatic ring is 1. The van der Waals surface area contributed by atoms with Crippen molar-refractivity contribution in [3.8, 4) is 0 Å². The van der Waals surface area contributed by atoms with E-state index < -0.39 is 33.4 Å². The van der Waals surface area contributed by atoms with Gasteiger partial charge in [0.1, 0.15) is 11.4 Å². The van der Waals surface area contributed by atoms with E-state index in [4.69, 9.17) is 10.6 Å². The number of nitrogens with zero attached hydrogens (tertiary/aromatic N) is 2. The molecular formula is C19H29FN4O5S. The molecular weight excluding hydrogens is 415 g/mol. The molecule has 0 saturated carbocycles. The van der Waals surface area contributed by atoms with Crippen LogP contribution in [0, 0.1) is 5.82 Å². The van der Waals surface area contributed by atoms with Crippen molar-refractivity contribution in [2.24, 2.45) is 5.84 Å². The highest BCUT2D eigenvalue weighted by Gasteiger charge is 2.33. The number of likely N-dealkylation sites (tertiary alicyclic amines) is 1. The Morgan fingerprint density at radius 1 is 1.30 bits per heavy atom. The molecule has 0 radical (unpaired) electrons. The molecule has 11 heteroatoms. The zero-order valence-electron chi connectivity index (χ0n) is 17.6. The Morgan fingerprint density at radius 3 is 2.37 bits per heavy atom. The number of nitrogens with two attached hydrogens (primary N) is 1. The minimum absolute atomic E-state index is 0.0373. The van der Waals surface area contributed by atoms with E-state index in [9.17, 15) is 22.4 Å². The van der Waals surface area contributed by atoms with Crippen LogP contribution >= 0.6 is 0 Å². The Bertz CT molecular complexity index is 893. The van der Waals surface area contributed by atoms with Crippen LogP contribution in [0.4, 0.5) is 9.18 Å². The van der Waals surface area contributed by atoms with Crippen molar-refractivity contribution in [1.82, 2.24) is 14.6 Å². The first-order valence-corrected chi connectivity index (χ1v) is 11.4. The molecule has 1 heterocycles. The van der Waals surface area contributed by atoms with Gasteiger partial charge < -0.3 is 9.64 Å². The minimum Gasteiger partial charge on any atom is -0.444 e. The topological polar surface area (TPSA) is 122 Å². The number of halogens is 1. The average Bonchev–Trinajstić information content (AvgIpc) is 2.64. The Hall–Kier alpha value is -2.24. The first-order chi connectivity index (χ1) is 13.8. The largest absolute Gasteiger partial charge is 0.444 e. The van der Waals surface area contributed by atoms with Gasteiger partial charge in [-0.3, -0.25) is 10.2 Å². The summed E-state index contributed by atoms with van der Waals surface area (Å²) < 4.78 is 45.8. The number of hydrazine groups is 1. The minimum atomic E-state index is -3.64. The van der Waals surface area contributed by atoms with E-state index in [0.29, 0.717) is 25.9 Å². The second-order valence-electron chi connectivity index (χ2n) is 8.29. The van der Waals surface area contributed by atoms with Crippen molar-refractivity contribution in [2.75, 3.05) is 19.3 Å². The van der Waals surface area contributed by atoms with Gasteiger partial charge in [0.05, 0.1) is 6.26 Å². The highest BCUT2D eigenvalue weighted by molar-refractivity contribution is 7.88. The lowest BCUT2D eigenvalue weighted by atomic mass is 10.0. The monoisotopic (exact) mass is 444 g/mol. The van der Waals surface area contributed by atoms with Crippen molar-refractivity contribution in [1.29, 1.82) is 0 Å². The van der Waals surface area contributed by atoms with Crippen molar-refractivity contribution >= 4 is 22.0 Å². The van der Waals surface area contributed by atoms with Crippen LogP contribution in [0.5, 0.6) is 0 Å². The van der Waals surface area contributed by atoms with Gasteiger partial charge in [-0.1, -0.05) is 6.07 Å². The molecule has 168 valence electrons. The molecule has 1 aromatic carbocycles. The summed E-state index contributed by atoms with van der Waals surface area (Å²) in [6, 6.07) is 3.38. The van der Waals surface area contributed by atoms with Crippen molar-refractivity contribution in [3.63, 3.8) is 0 Å². The Kier molecular flexibility index (Phi) is 7.43. The molecule has 1 aromatic rings. The van der Waals surface area contributed by atoms with Crippen LogP contribution in [0.15, 0.2) is 18.2 Å². The quantitative estimate of drug-likeness (QED) is 0.404. The number of benzene rings is 1. The lowest BCUT2D eigenvalue weighted by molar-refractivity contribution is 0.0176. The van der Waals surface area contributed by atoms with Gasteiger partial charge in [0.2, 0.25) is 10.0 Å². The third-order valence-electron chi connectivity index (χ3n) is 4.72. The van der Waals surface area contributed by atoms with Gasteiger partial charge in [-0.05, 0) is 45.7 Å². The van der Waals surface area contributed by atoms with E-state index >= 15 is 0 Å². The van der Waals surface area contributed by atoms with E-state index in [1.807, 2.05) is 5.43 Å². The molecule has 3 N–H and O–H groups in total. The summed E-state index contributed by atoms with van der Waals surface area (Å²) >= 11 is 0. The van der Waals surface area contributed by atoms with E-state index in [1.54, 1.807) is 25.7 Å². The maximum Gasteiger partial charge on any atom is 0.410 e. The average molecular weight is 445 g/mol. The molecule has 0 unspecified atom stereocenters. The predicted octanol–water partition coefficient (Wildman–Crippen LogP) is 1.59. The number of hydrogen-bond acceptors (Lipinski definition) is 6. The zero-order valence-corrected chi connectivity index (χ0v) is 18.5. The van der Waals surface area contributed by atoms with Crippen molar-refractivity contribution < 1.29 is 27.1 Å². The number of nitrogens with one attached hydrogen (secondary N) is 1. The van der Waals surface area contributed by atoms with Crippen LogP contribution in [0.25, 0.3) is 0 Å². The van der Waals surface area contributed by atoms with Gasteiger partial charge >= 0.3 is 6.09 Å². The van der Waals surface area contributed by atoms with Crippen molar-refractivity contribution in [2.45, 2.75) is 51.8 Å². The number of carbonyl (C=O) groups is 2. The van der Waals surface area contributed by atoms with E-state index in [-0.39, 0.29) is 23.7 Å². The van der Waals surface area contributed by atoms with Gasteiger partial charge in [0.25, 0.3) is 5.91 Å². The molecule has 1 aliphatic heterocycles. The SMILES string of the molecule is CC(C)(C)OC(=O)N1CCC(N(Cc2ccc(C(=O)NN)cc2F)S(C)(=O)=O)CC1. The van der Waals surface area contributed by atoms with Crippen LogP contribution < -0.4 is 11.3 Å². The van der Waals surface area contributed by atoms with Crippen LogP contribution in [0.3, 0.4) is 0 Å². The lowest BCUT2D eigenvalue weighted by Gasteiger charge is -2.37. The number of ether oxygens (including phenoxy) is 1. The maximum atomic E-state index is 14.5. The summed E-state index contributed by atoms with van der Waals surface area (Å²) in [7, 11) is -3.64. The summed E-state index contributed by atoms with van der Waals surface area (Å²) in [5, 5.41) is 0. The summed E-state index contributed by atoms with van der Waals surface area (Å²) in [5.41, 5.74) is 1.48. The number of hydrogen-bond donors (Lipinski definition) is 2. The van der Waals surface area contributed by atoms with E-state index in [1.165, 1.54) is 16.4 Å². The summed E-state index contributed by atoms with van der Waals surface area (Å²) in [4.78, 5) is 25.3. The standard InChI is InChI=1S/C19H29FN4O5S/c1-19(2,3)29-18(26)23-9-7-15(8-10-23)24(30(4,27)28)12-14-6-5-13(11-16(14)20)17(25)22-21/h5-6,11,15H,7-10,12,21H2,1-4H3,(H,22,25). The molecule has 1 fully saturated rings. The Labute approximate surface area is 176 Å². The molecule has 1 aliphatic rings. The third kappa shape index (κ3) is 6.38. The van der Waals surface area contributed by atoms with Gasteiger partial charge in [0, 0.05) is 36.8 Å². The van der Waals surface area contributed by atoms with E-state index in [2.05, 4.69) is 0 Å². The second kappa shape index (κ2) is 9.27. The molecule has 30 heavy (non-hydrogen) atoms. The maximum absolute atomic E-state index is 14.5. The molecule has 2 rings (SSSR count). The summed E-state index contributed by atoms with van der Waals surface area (Å²) in [6.07, 6.45) is 1.44. The number of piperidine rings is 1. The lowest BCUT2D eigenvalue weighted by Crippen LogP contribution is -2.49. The van der Waals surface area contributed by atoms with Gasteiger partial charge in [-0.2, -0.15) is 4.31 Å². The smallest absolute Gasteiger partial charge is 0.410 e. The fourth-order valence-electron chi connectivity index (χ4n) is 3.25. The molecule has 1 saturated heterocycles. The second-order valence-corrected chi connectivity index (χ2v) is 10.2. The molecule has 0 aliphatic carbocycles. The van der Waals surface area contributed by atoms with Crippen LogP contribution in [-0.4, -0.2) is 60.6 Å². The molecule has 0 bridgehead atoms. The van der Waals surface area contributed by atoms with Gasteiger partial charge in [-0.15, -0.1) is 0 Å². The molecule has 9 nitrogen and oxygen atoms in total. The van der Waals surface area contributed by atoms with Crippen LogP contribution in [0.2, 0.25) is 0 Å². The predicted molar refractivity (Wildman–Crippen MR) is 109 cm³/mol. The third-order valence-corrected chi connectivity index (χ3v) is 6.00. The van der Waals surface area contributed by atoms with Gasteiger partial charge in [0.15, 0.2) is 0 Å². The molecule has 2 amide bonds. The number of rotatable bonds is 5. The molecule has 0 atom stereocenters. The summed E-state index contributed by atoms with van der Waals surface area (Å²) in [6.45, 7) is 5.83. The number of amides is 2. The number of sulfonamides is 1. The Balaban J connectivity index is 2.12. The highest BCUT2D eigenvalue weighted by Crippen LogP contribution is 2.24. The van der Waals surface area contributed by atoms with Crippen molar-refractivity contribution in [3.05, 3.63) is 35.1 Å². The first kappa shape index (κ1) is 24.0. The highest BCUT2D eigenvalue weighted by atomic mass is 32.2. The van der Waals surface area contributed by atoms with Crippen LogP contribution in [0.1, 0.15) is 49.5 Å². The Morgan fingerprint density at radius 2 is 1.90 bits per heavy atom. The van der Waals surface area contributed by atoms with E-state index in [0.717, 1.165) is 12.3 Å². The fraction of sp³-hybridized carbons (Fsp3) is 0.579. The fourth-order valence-corrected chi connectivity index (χ4v) is 4.37. The first-order valence-electron chi connectivity index (χ1n) is 9.56. The zero-order chi connectivity index (χ0) is 22.7. The number of carbonyl (C=O) groups excluding carboxylic acids is 2. The summed E-state index contributed by atoms with van der Waals surface area (Å²) in [5.74, 6) is 3.71. The molecule has 0 spiro atoms. The van der Waals surface area contributed by atoms with Crippen LogP contribution in [-0.2, 0) is 21.3 Å². The molecule has 0 aromatic heterocycles.